The molecule has 31 heavy (non-hydrogen) atoms. The van der Waals surface area contributed by atoms with E-state index < -0.39 is 5.25 Å². The largest absolute Gasteiger partial charge is 0.495 e. The number of rotatable bonds is 6. The molecule has 0 aliphatic carbocycles. The molecule has 0 saturated carbocycles. The van der Waals surface area contributed by atoms with Crippen molar-refractivity contribution >= 4 is 35.0 Å². The summed E-state index contributed by atoms with van der Waals surface area (Å²) in [5.41, 5.74) is 4.89. The van der Waals surface area contributed by atoms with E-state index in [0.29, 0.717) is 34.0 Å². The van der Waals surface area contributed by atoms with Crippen LogP contribution in [-0.4, -0.2) is 39.7 Å². The lowest BCUT2D eigenvalue weighted by molar-refractivity contribution is -0.116. The van der Waals surface area contributed by atoms with Gasteiger partial charge in [-0.3, -0.25) is 4.79 Å². The lowest BCUT2D eigenvalue weighted by Gasteiger charge is -2.33. The first-order valence-corrected chi connectivity index (χ1v) is 11.0. The number of benzene rings is 2. The predicted molar refractivity (Wildman–Crippen MR) is 121 cm³/mol. The zero-order valence-electron chi connectivity index (χ0n) is 17.3. The monoisotopic (exact) mass is 459 g/mol. The molecule has 162 valence electrons. The Morgan fingerprint density at radius 2 is 2.03 bits per heavy atom. The molecule has 4 rings (SSSR count). The van der Waals surface area contributed by atoms with E-state index in [2.05, 4.69) is 20.9 Å². The van der Waals surface area contributed by atoms with E-state index >= 15 is 0 Å². The molecule has 2 N–H and O–H groups in total. The first-order chi connectivity index (χ1) is 15.0. The molecular formula is C21H22ClN5O3S. The van der Waals surface area contributed by atoms with Crippen LogP contribution in [0.15, 0.2) is 47.6 Å². The Labute approximate surface area is 189 Å². The van der Waals surface area contributed by atoms with Crippen LogP contribution in [0.2, 0.25) is 5.02 Å². The third-order valence-electron chi connectivity index (χ3n) is 4.82. The van der Waals surface area contributed by atoms with Gasteiger partial charge in [0.1, 0.15) is 22.6 Å². The summed E-state index contributed by atoms with van der Waals surface area (Å²) in [4.78, 5) is 13.3. The van der Waals surface area contributed by atoms with E-state index in [-0.39, 0.29) is 11.9 Å². The van der Waals surface area contributed by atoms with E-state index in [1.165, 1.54) is 11.8 Å². The standard InChI is InChI=1S/C21H22ClN5O3S/c1-4-30-15-8-6-14(7-9-15)23-20(28)19-18(13-5-10-17(29-3)16(22)11-13)26-27-12(2)24-25-21(27)31-19/h5-11,18-19,26H,4H2,1-3H3,(H,23,28)/t18-,19-/m0/s1. The Morgan fingerprint density at radius 1 is 1.26 bits per heavy atom. The zero-order valence-corrected chi connectivity index (χ0v) is 18.8. The Kier molecular flexibility index (Phi) is 6.24. The Hall–Kier alpha value is -2.91. The second-order valence-electron chi connectivity index (χ2n) is 6.85. The van der Waals surface area contributed by atoms with Gasteiger partial charge >= 0.3 is 0 Å². The van der Waals surface area contributed by atoms with Crippen LogP contribution < -0.4 is 20.2 Å². The number of anilines is 1. The molecule has 0 saturated heterocycles. The molecular weight excluding hydrogens is 438 g/mol. The highest BCUT2D eigenvalue weighted by Crippen LogP contribution is 2.39. The van der Waals surface area contributed by atoms with Gasteiger partial charge in [-0.1, -0.05) is 29.4 Å². The average molecular weight is 460 g/mol. The molecule has 0 radical (unpaired) electrons. The van der Waals surface area contributed by atoms with E-state index in [1.807, 2.05) is 44.2 Å². The van der Waals surface area contributed by atoms with Crippen LogP contribution >= 0.6 is 23.4 Å². The highest BCUT2D eigenvalue weighted by Gasteiger charge is 2.37. The highest BCUT2D eigenvalue weighted by molar-refractivity contribution is 8.00. The van der Waals surface area contributed by atoms with Crippen LogP contribution in [0.5, 0.6) is 11.5 Å². The maximum absolute atomic E-state index is 13.3. The molecule has 2 heterocycles. The van der Waals surface area contributed by atoms with Crippen LogP contribution in [0.1, 0.15) is 24.4 Å². The Balaban J connectivity index is 1.62. The van der Waals surface area contributed by atoms with Crippen molar-refractivity contribution in [3.8, 4) is 11.5 Å². The van der Waals surface area contributed by atoms with E-state index in [0.717, 1.165) is 11.3 Å². The first-order valence-electron chi connectivity index (χ1n) is 9.72. The van der Waals surface area contributed by atoms with Gasteiger partial charge in [-0.2, -0.15) is 0 Å². The number of amides is 1. The molecule has 0 bridgehead atoms. The molecule has 3 aromatic rings. The first kappa shape index (κ1) is 21.3. The Morgan fingerprint density at radius 3 is 2.71 bits per heavy atom. The second kappa shape index (κ2) is 9.07. The summed E-state index contributed by atoms with van der Waals surface area (Å²) >= 11 is 7.70. The minimum atomic E-state index is -0.507. The fourth-order valence-corrected chi connectivity index (χ4v) is 4.69. The molecule has 8 nitrogen and oxygen atoms in total. The van der Waals surface area contributed by atoms with Crippen LogP contribution in [0.4, 0.5) is 5.69 Å². The topological polar surface area (TPSA) is 90.3 Å². The van der Waals surface area contributed by atoms with Crippen molar-refractivity contribution in [1.82, 2.24) is 14.9 Å². The summed E-state index contributed by atoms with van der Waals surface area (Å²) in [6.45, 7) is 4.36. The summed E-state index contributed by atoms with van der Waals surface area (Å²) in [7, 11) is 1.56. The molecule has 10 heteroatoms. The van der Waals surface area contributed by atoms with E-state index in [1.54, 1.807) is 23.9 Å². The number of fused-ring (bicyclic) bond motifs is 1. The van der Waals surface area contributed by atoms with Crippen LogP contribution in [0, 0.1) is 6.92 Å². The number of methoxy groups -OCH3 is 1. The maximum Gasteiger partial charge on any atom is 0.240 e. The third-order valence-corrected chi connectivity index (χ3v) is 6.34. The van der Waals surface area contributed by atoms with Crippen molar-refractivity contribution in [2.45, 2.75) is 30.3 Å². The number of carbonyl (C=O) groups is 1. The van der Waals surface area contributed by atoms with Gasteiger partial charge in [-0.25, -0.2) is 4.68 Å². The summed E-state index contributed by atoms with van der Waals surface area (Å²) in [5, 5.41) is 11.9. The number of aryl methyl sites for hydroxylation is 1. The smallest absolute Gasteiger partial charge is 0.240 e. The summed E-state index contributed by atoms with van der Waals surface area (Å²) in [5.74, 6) is 1.87. The van der Waals surface area contributed by atoms with Gasteiger partial charge in [-0.15, -0.1) is 10.2 Å². The summed E-state index contributed by atoms with van der Waals surface area (Å²) in [6, 6.07) is 12.4. The van der Waals surface area contributed by atoms with Gasteiger partial charge in [0.05, 0.1) is 24.8 Å². The quantitative estimate of drug-likeness (QED) is 0.574. The van der Waals surface area contributed by atoms with Crippen molar-refractivity contribution in [1.29, 1.82) is 0 Å². The molecule has 0 fully saturated rings. The average Bonchev–Trinajstić information content (AvgIpc) is 3.14. The fraction of sp³-hybridized carbons (Fsp3) is 0.286. The van der Waals surface area contributed by atoms with Gasteiger partial charge in [0.25, 0.3) is 0 Å². The maximum atomic E-state index is 13.3. The normalized spacial score (nSPS) is 17.4. The van der Waals surface area contributed by atoms with Crippen molar-refractivity contribution in [2.24, 2.45) is 0 Å². The molecule has 1 aliphatic heterocycles. The molecule has 2 aromatic carbocycles. The van der Waals surface area contributed by atoms with Gasteiger partial charge in [0.2, 0.25) is 11.1 Å². The summed E-state index contributed by atoms with van der Waals surface area (Å²) < 4.78 is 12.5. The van der Waals surface area contributed by atoms with Crippen molar-refractivity contribution < 1.29 is 14.3 Å². The number of carbonyl (C=O) groups excluding carboxylic acids is 1. The number of nitrogens with one attached hydrogen (secondary N) is 2. The molecule has 1 aromatic heterocycles. The molecule has 2 atom stereocenters. The number of hydrogen-bond donors (Lipinski definition) is 2. The minimum absolute atomic E-state index is 0.162. The van der Waals surface area contributed by atoms with Crippen molar-refractivity contribution in [3.05, 3.63) is 58.9 Å². The molecule has 0 unspecified atom stereocenters. The van der Waals surface area contributed by atoms with Gasteiger partial charge in [0, 0.05) is 5.69 Å². The fourth-order valence-electron chi connectivity index (χ4n) is 3.30. The lowest BCUT2D eigenvalue weighted by atomic mass is 10.0. The van der Waals surface area contributed by atoms with Crippen molar-refractivity contribution in [2.75, 3.05) is 24.5 Å². The zero-order chi connectivity index (χ0) is 22.0. The predicted octanol–water partition coefficient (Wildman–Crippen LogP) is 4.05. The number of hydrogen-bond acceptors (Lipinski definition) is 7. The Bertz CT molecular complexity index is 1090. The van der Waals surface area contributed by atoms with Crippen LogP contribution in [0.25, 0.3) is 0 Å². The van der Waals surface area contributed by atoms with Gasteiger partial charge in [0.15, 0.2) is 0 Å². The second-order valence-corrected chi connectivity index (χ2v) is 8.37. The lowest BCUT2D eigenvalue weighted by Crippen LogP contribution is -2.41. The van der Waals surface area contributed by atoms with Crippen LogP contribution in [0.3, 0.4) is 0 Å². The number of halogens is 1. The molecule has 1 amide bonds. The highest BCUT2D eigenvalue weighted by atomic mass is 35.5. The molecule has 1 aliphatic rings. The van der Waals surface area contributed by atoms with Gasteiger partial charge in [-0.05, 0) is 55.8 Å². The van der Waals surface area contributed by atoms with E-state index in [4.69, 9.17) is 21.1 Å². The molecule has 0 spiro atoms. The third kappa shape index (κ3) is 4.42. The van der Waals surface area contributed by atoms with Crippen LogP contribution in [-0.2, 0) is 4.79 Å². The summed E-state index contributed by atoms with van der Waals surface area (Å²) in [6.07, 6.45) is 0. The number of ether oxygens (including phenoxy) is 2. The SMILES string of the molecule is CCOc1ccc(NC(=O)[C@H]2Sc3nnc(C)n3N[C@H]2c2ccc(OC)c(Cl)c2)cc1. The minimum Gasteiger partial charge on any atom is -0.495 e. The number of nitrogens with zero attached hydrogens (tertiary/aromatic N) is 3. The number of aromatic nitrogens is 3. The van der Waals surface area contributed by atoms with Crippen molar-refractivity contribution in [3.63, 3.8) is 0 Å². The van der Waals surface area contributed by atoms with E-state index in [9.17, 15) is 4.79 Å². The number of thioether (sulfide) groups is 1. The van der Waals surface area contributed by atoms with Gasteiger partial charge < -0.3 is 20.2 Å².